The van der Waals surface area contributed by atoms with Crippen LogP contribution in [0.2, 0.25) is 5.02 Å². The smallest absolute Gasteiger partial charge is 0.338 e. The number of hydrogen-bond acceptors (Lipinski definition) is 4. The molecule has 0 saturated carbocycles. The summed E-state index contributed by atoms with van der Waals surface area (Å²) in [5.41, 5.74) is 2.73. The van der Waals surface area contributed by atoms with Gasteiger partial charge >= 0.3 is 5.97 Å². The minimum absolute atomic E-state index is 0.151. The number of ether oxygens (including phenoxy) is 1. The Morgan fingerprint density at radius 1 is 0.963 bits per heavy atom. The maximum atomic E-state index is 12.3. The second-order valence-electron chi connectivity index (χ2n) is 6.73. The minimum atomic E-state index is -0.468. The van der Waals surface area contributed by atoms with Gasteiger partial charge in [0.25, 0.3) is 5.91 Å². The molecule has 142 valence electrons. The van der Waals surface area contributed by atoms with E-state index in [9.17, 15) is 9.59 Å². The number of carbonyl (C=O) groups is 2. The van der Waals surface area contributed by atoms with Gasteiger partial charge in [0.2, 0.25) is 0 Å². The number of benzene rings is 2. The number of rotatable bonds is 5. The standard InChI is InChI=1S/C21H23ClN2O3/c1-16-2-6-18(7-3-16)21(26)27-15-20(25)24-12-10-23(11-13-24)14-17-4-8-19(22)9-5-17/h2-9H,10-15H2,1H3. The highest BCUT2D eigenvalue weighted by Crippen LogP contribution is 2.13. The highest BCUT2D eigenvalue weighted by atomic mass is 35.5. The normalized spacial score (nSPS) is 14.8. The summed E-state index contributed by atoms with van der Waals surface area (Å²) in [6.45, 7) is 5.42. The Kier molecular flexibility index (Phi) is 6.48. The first-order chi connectivity index (χ1) is 13.0. The Bertz CT molecular complexity index is 782. The fourth-order valence-corrected chi connectivity index (χ4v) is 3.12. The topological polar surface area (TPSA) is 49.9 Å². The number of amides is 1. The Balaban J connectivity index is 1.42. The molecule has 1 aliphatic heterocycles. The zero-order valence-electron chi connectivity index (χ0n) is 15.4. The molecule has 27 heavy (non-hydrogen) atoms. The number of halogens is 1. The maximum absolute atomic E-state index is 12.3. The first-order valence-electron chi connectivity index (χ1n) is 8.99. The lowest BCUT2D eigenvalue weighted by Crippen LogP contribution is -2.49. The van der Waals surface area contributed by atoms with Crippen LogP contribution in [0.1, 0.15) is 21.5 Å². The quantitative estimate of drug-likeness (QED) is 0.741. The third-order valence-corrected chi connectivity index (χ3v) is 4.91. The average molecular weight is 387 g/mol. The van der Waals surface area contributed by atoms with Crippen molar-refractivity contribution in [2.75, 3.05) is 32.8 Å². The highest BCUT2D eigenvalue weighted by Gasteiger charge is 2.22. The van der Waals surface area contributed by atoms with Crippen molar-refractivity contribution in [1.82, 2.24) is 9.80 Å². The molecule has 0 spiro atoms. The SMILES string of the molecule is Cc1ccc(C(=O)OCC(=O)N2CCN(Cc3ccc(Cl)cc3)CC2)cc1. The van der Waals surface area contributed by atoms with Gasteiger partial charge in [-0.15, -0.1) is 0 Å². The van der Waals surface area contributed by atoms with Crippen LogP contribution < -0.4 is 0 Å². The molecule has 0 atom stereocenters. The van der Waals surface area contributed by atoms with Crippen LogP contribution >= 0.6 is 11.6 Å². The van der Waals surface area contributed by atoms with E-state index in [1.54, 1.807) is 17.0 Å². The summed E-state index contributed by atoms with van der Waals surface area (Å²) in [7, 11) is 0. The van der Waals surface area contributed by atoms with Gasteiger partial charge in [0.05, 0.1) is 5.56 Å². The van der Waals surface area contributed by atoms with Crippen LogP contribution in [0.3, 0.4) is 0 Å². The molecule has 3 rings (SSSR count). The number of nitrogens with zero attached hydrogens (tertiary/aromatic N) is 2. The number of aryl methyl sites for hydroxylation is 1. The Morgan fingerprint density at radius 2 is 1.59 bits per heavy atom. The molecular formula is C21H23ClN2O3. The van der Waals surface area contributed by atoms with E-state index in [0.29, 0.717) is 18.7 Å². The number of hydrogen-bond donors (Lipinski definition) is 0. The number of carbonyl (C=O) groups excluding carboxylic acids is 2. The zero-order chi connectivity index (χ0) is 19.2. The van der Waals surface area contributed by atoms with Crippen molar-refractivity contribution in [3.63, 3.8) is 0 Å². The molecule has 5 nitrogen and oxygen atoms in total. The van der Waals surface area contributed by atoms with Crippen molar-refractivity contribution in [3.8, 4) is 0 Å². The van der Waals surface area contributed by atoms with Crippen LogP contribution in [0.25, 0.3) is 0 Å². The summed E-state index contributed by atoms with van der Waals surface area (Å²) in [4.78, 5) is 28.4. The van der Waals surface area contributed by atoms with Crippen LogP contribution in [-0.2, 0) is 16.1 Å². The number of piperazine rings is 1. The van der Waals surface area contributed by atoms with E-state index < -0.39 is 5.97 Å². The third kappa shape index (κ3) is 5.55. The second kappa shape index (κ2) is 9.02. The molecule has 2 aromatic carbocycles. The monoisotopic (exact) mass is 386 g/mol. The van der Waals surface area contributed by atoms with E-state index in [-0.39, 0.29) is 12.5 Å². The van der Waals surface area contributed by atoms with E-state index in [2.05, 4.69) is 4.90 Å². The summed E-state index contributed by atoms with van der Waals surface area (Å²) < 4.78 is 5.16. The predicted octanol–water partition coefficient (Wildman–Crippen LogP) is 3.15. The van der Waals surface area contributed by atoms with Gasteiger partial charge in [0.1, 0.15) is 0 Å². The molecule has 0 radical (unpaired) electrons. The Morgan fingerprint density at radius 3 is 2.22 bits per heavy atom. The van der Waals surface area contributed by atoms with Gasteiger partial charge in [0.15, 0.2) is 6.61 Å². The van der Waals surface area contributed by atoms with Gasteiger partial charge in [-0.3, -0.25) is 9.69 Å². The van der Waals surface area contributed by atoms with E-state index in [1.165, 1.54) is 5.56 Å². The van der Waals surface area contributed by atoms with E-state index in [4.69, 9.17) is 16.3 Å². The first-order valence-corrected chi connectivity index (χ1v) is 9.37. The molecule has 1 fully saturated rings. The lowest BCUT2D eigenvalue weighted by atomic mass is 10.1. The molecule has 0 unspecified atom stereocenters. The Hall–Kier alpha value is -2.37. The van der Waals surface area contributed by atoms with Crippen molar-refractivity contribution in [3.05, 3.63) is 70.2 Å². The predicted molar refractivity (Wildman–Crippen MR) is 105 cm³/mol. The second-order valence-corrected chi connectivity index (χ2v) is 7.16. The van der Waals surface area contributed by atoms with E-state index >= 15 is 0 Å². The lowest BCUT2D eigenvalue weighted by molar-refractivity contribution is -0.136. The van der Waals surface area contributed by atoms with Crippen molar-refractivity contribution in [1.29, 1.82) is 0 Å². The van der Waals surface area contributed by atoms with E-state index in [1.807, 2.05) is 43.3 Å². The highest BCUT2D eigenvalue weighted by molar-refractivity contribution is 6.30. The van der Waals surface area contributed by atoms with Crippen LogP contribution in [0.15, 0.2) is 48.5 Å². The molecule has 6 heteroatoms. The molecular weight excluding hydrogens is 364 g/mol. The van der Waals surface area contributed by atoms with Crippen LogP contribution in [0.4, 0.5) is 0 Å². The van der Waals surface area contributed by atoms with Crippen molar-refractivity contribution in [2.45, 2.75) is 13.5 Å². The molecule has 1 amide bonds. The molecule has 0 aliphatic carbocycles. The summed E-state index contributed by atoms with van der Waals surface area (Å²) in [6.07, 6.45) is 0. The minimum Gasteiger partial charge on any atom is -0.452 e. The van der Waals surface area contributed by atoms with Gasteiger partial charge in [-0.05, 0) is 36.8 Å². The van der Waals surface area contributed by atoms with Crippen LogP contribution in [0.5, 0.6) is 0 Å². The van der Waals surface area contributed by atoms with Gasteiger partial charge in [-0.1, -0.05) is 41.4 Å². The summed E-state index contributed by atoms with van der Waals surface area (Å²) in [5.74, 6) is -0.619. The maximum Gasteiger partial charge on any atom is 0.338 e. The van der Waals surface area contributed by atoms with Gasteiger partial charge in [-0.2, -0.15) is 0 Å². The first kappa shape index (κ1) is 19.4. The molecule has 2 aromatic rings. The Labute approximate surface area is 164 Å². The van der Waals surface area contributed by atoms with Crippen molar-refractivity contribution < 1.29 is 14.3 Å². The molecule has 0 aromatic heterocycles. The van der Waals surface area contributed by atoms with Crippen LogP contribution in [-0.4, -0.2) is 54.5 Å². The largest absolute Gasteiger partial charge is 0.452 e. The zero-order valence-corrected chi connectivity index (χ0v) is 16.1. The molecule has 1 heterocycles. The molecule has 0 bridgehead atoms. The average Bonchev–Trinajstić information content (AvgIpc) is 2.69. The fourth-order valence-electron chi connectivity index (χ4n) is 2.99. The fraction of sp³-hybridized carbons (Fsp3) is 0.333. The summed E-state index contributed by atoms with van der Waals surface area (Å²) in [5, 5.41) is 0.731. The molecule has 1 saturated heterocycles. The van der Waals surface area contributed by atoms with E-state index in [0.717, 1.165) is 30.2 Å². The van der Waals surface area contributed by atoms with Crippen molar-refractivity contribution in [2.24, 2.45) is 0 Å². The third-order valence-electron chi connectivity index (χ3n) is 4.66. The lowest BCUT2D eigenvalue weighted by Gasteiger charge is -2.34. The van der Waals surface area contributed by atoms with Gasteiger partial charge in [0, 0.05) is 37.7 Å². The van der Waals surface area contributed by atoms with Crippen molar-refractivity contribution >= 4 is 23.5 Å². The molecule has 0 N–H and O–H groups in total. The molecule has 1 aliphatic rings. The van der Waals surface area contributed by atoms with Gasteiger partial charge < -0.3 is 9.64 Å². The van der Waals surface area contributed by atoms with Crippen LogP contribution in [0, 0.1) is 6.92 Å². The number of esters is 1. The van der Waals surface area contributed by atoms with Gasteiger partial charge in [-0.25, -0.2) is 4.79 Å². The summed E-state index contributed by atoms with van der Waals surface area (Å²) in [6, 6.07) is 14.9. The summed E-state index contributed by atoms with van der Waals surface area (Å²) >= 11 is 5.91.